The molecular weight excluding hydrogens is 298 g/mol. The lowest BCUT2D eigenvalue weighted by Crippen LogP contribution is -2.17. The zero-order chi connectivity index (χ0) is 13.1. The number of fused-ring (bicyclic) bond motifs is 1. The number of halogens is 1. The summed E-state index contributed by atoms with van der Waals surface area (Å²) in [5, 5.41) is 13.1. The van der Waals surface area contributed by atoms with Crippen LogP contribution in [0.5, 0.6) is 11.5 Å². The summed E-state index contributed by atoms with van der Waals surface area (Å²) in [6.45, 7) is 3.76. The topological polar surface area (TPSA) is 50.7 Å². The van der Waals surface area contributed by atoms with Gasteiger partial charge in [0.15, 0.2) is 11.5 Å². The van der Waals surface area contributed by atoms with Crippen LogP contribution in [-0.4, -0.2) is 31.9 Å². The Morgan fingerprint density at radius 1 is 1.39 bits per heavy atom. The monoisotopic (exact) mass is 315 g/mol. The molecule has 0 aliphatic carbocycles. The van der Waals surface area contributed by atoms with Crippen LogP contribution >= 0.6 is 15.9 Å². The number of hydrogen-bond donors (Lipinski definition) is 2. The van der Waals surface area contributed by atoms with Crippen molar-refractivity contribution < 1.29 is 14.6 Å². The zero-order valence-electron chi connectivity index (χ0n) is 10.6. The average Bonchev–Trinajstić information content (AvgIpc) is 2.60. The van der Waals surface area contributed by atoms with E-state index in [9.17, 15) is 5.11 Å². The molecule has 0 saturated heterocycles. The van der Waals surface area contributed by atoms with E-state index in [0.717, 1.165) is 33.5 Å². The second-order valence-corrected chi connectivity index (χ2v) is 5.21. The van der Waals surface area contributed by atoms with Crippen molar-refractivity contribution in [3.8, 4) is 11.5 Å². The Labute approximate surface area is 115 Å². The first-order valence-corrected chi connectivity index (χ1v) is 6.85. The molecule has 0 amide bonds. The highest BCUT2D eigenvalue weighted by atomic mass is 79.9. The Bertz CT molecular complexity index is 437. The summed E-state index contributed by atoms with van der Waals surface area (Å²) in [4.78, 5) is 0. The van der Waals surface area contributed by atoms with Gasteiger partial charge in [0.2, 0.25) is 0 Å². The molecular formula is C13H18BrNO3. The molecule has 2 N–H and O–H groups in total. The van der Waals surface area contributed by atoms with Crippen LogP contribution in [-0.2, 0) is 0 Å². The summed E-state index contributed by atoms with van der Waals surface area (Å²) in [6, 6.07) is 1.91. The predicted octanol–water partition coefficient (Wildman–Crippen LogP) is 2.17. The maximum Gasteiger partial charge on any atom is 0.175 e. The van der Waals surface area contributed by atoms with Crippen molar-refractivity contribution in [2.75, 3.05) is 26.8 Å². The van der Waals surface area contributed by atoms with Crippen molar-refractivity contribution in [2.45, 2.75) is 19.4 Å². The second kappa shape index (κ2) is 5.91. The molecule has 0 aromatic heterocycles. The van der Waals surface area contributed by atoms with E-state index in [-0.39, 0.29) is 0 Å². The summed E-state index contributed by atoms with van der Waals surface area (Å²) in [6.07, 6.45) is 0.318. The van der Waals surface area contributed by atoms with E-state index in [0.29, 0.717) is 19.8 Å². The minimum atomic E-state index is -0.552. The van der Waals surface area contributed by atoms with Gasteiger partial charge in [-0.05, 0) is 41.5 Å². The summed E-state index contributed by atoms with van der Waals surface area (Å²) < 4.78 is 12.3. The van der Waals surface area contributed by atoms with Crippen LogP contribution in [0.4, 0.5) is 0 Å². The van der Waals surface area contributed by atoms with Gasteiger partial charge in [0.05, 0.1) is 23.8 Å². The molecule has 100 valence electrons. The Morgan fingerprint density at radius 2 is 2.06 bits per heavy atom. The highest BCUT2D eigenvalue weighted by molar-refractivity contribution is 9.10. The van der Waals surface area contributed by atoms with Crippen molar-refractivity contribution in [3.63, 3.8) is 0 Å². The summed E-state index contributed by atoms with van der Waals surface area (Å²) in [7, 11) is 1.82. The Hall–Kier alpha value is -0.780. The first-order valence-electron chi connectivity index (χ1n) is 6.06. The number of ether oxygens (including phenoxy) is 2. The fourth-order valence-electron chi connectivity index (χ4n) is 2.09. The molecule has 2 rings (SSSR count). The van der Waals surface area contributed by atoms with Gasteiger partial charge in [0.1, 0.15) is 0 Å². The van der Waals surface area contributed by atoms with E-state index in [4.69, 9.17) is 9.47 Å². The molecule has 0 radical (unpaired) electrons. The average molecular weight is 316 g/mol. The first kappa shape index (κ1) is 13.6. The third kappa shape index (κ3) is 2.63. The number of likely N-dealkylation sites (N-methyl/N-ethyl adjacent to an activating group) is 1. The maximum absolute atomic E-state index is 10.1. The van der Waals surface area contributed by atoms with Gasteiger partial charge in [-0.2, -0.15) is 0 Å². The van der Waals surface area contributed by atoms with E-state index in [1.54, 1.807) is 0 Å². The number of aliphatic hydroxyl groups excluding tert-OH is 1. The summed E-state index contributed by atoms with van der Waals surface area (Å²) in [5.41, 5.74) is 1.80. The SMILES string of the molecule is CNCC(O)c1cc(Br)c2c(c1C)OCCCO2. The Kier molecular flexibility index (Phi) is 4.48. The quantitative estimate of drug-likeness (QED) is 0.897. The normalized spacial score (nSPS) is 16.2. The highest BCUT2D eigenvalue weighted by Gasteiger charge is 2.22. The predicted molar refractivity (Wildman–Crippen MR) is 73.4 cm³/mol. The summed E-state index contributed by atoms with van der Waals surface area (Å²) in [5.74, 6) is 1.48. The molecule has 1 aromatic carbocycles. The van der Waals surface area contributed by atoms with Gasteiger partial charge in [0.25, 0.3) is 0 Å². The van der Waals surface area contributed by atoms with Gasteiger partial charge in [-0.3, -0.25) is 0 Å². The van der Waals surface area contributed by atoms with Crippen molar-refractivity contribution in [2.24, 2.45) is 0 Å². The summed E-state index contributed by atoms with van der Waals surface area (Å²) >= 11 is 3.48. The second-order valence-electron chi connectivity index (χ2n) is 4.35. The van der Waals surface area contributed by atoms with Crippen molar-refractivity contribution in [3.05, 3.63) is 21.7 Å². The fraction of sp³-hybridized carbons (Fsp3) is 0.538. The number of hydrogen-bond acceptors (Lipinski definition) is 4. The van der Waals surface area contributed by atoms with E-state index >= 15 is 0 Å². The third-order valence-electron chi connectivity index (χ3n) is 3.02. The molecule has 18 heavy (non-hydrogen) atoms. The van der Waals surface area contributed by atoms with E-state index in [1.807, 2.05) is 20.0 Å². The van der Waals surface area contributed by atoms with Crippen LogP contribution < -0.4 is 14.8 Å². The van der Waals surface area contributed by atoms with Gasteiger partial charge >= 0.3 is 0 Å². The molecule has 1 aromatic rings. The van der Waals surface area contributed by atoms with E-state index in [2.05, 4.69) is 21.2 Å². The van der Waals surface area contributed by atoms with E-state index in [1.165, 1.54) is 0 Å². The van der Waals surface area contributed by atoms with Crippen LogP contribution in [0.2, 0.25) is 0 Å². The van der Waals surface area contributed by atoms with Crippen LogP contribution in [0.25, 0.3) is 0 Å². The minimum Gasteiger partial charge on any atom is -0.489 e. The molecule has 0 spiro atoms. The molecule has 1 aliphatic heterocycles. The Balaban J connectivity index is 2.45. The van der Waals surface area contributed by atoms with Crippen molar-refractivity contribution in [1.82, 2.24) is 5.32 Å². The smallest absolute Gasteiger partial charge is 0.175 e. The molecule has 0 saturated carbocycles. The zero-order valence-corrected chi connectivity index (χ0v) is 12.2. The number of benzene rings is 1. The van der Waals surface area contributed by atoms with E-state index < -0.39 is 6.10 Å². The lowest BCUT2D eigenvalue weighted by Gasteiger charge is -2.19. The van der Waals surface area contributed by atoms with Crippen molar-refractivity contribution in [1.29, 1.82) is 0 Å². The van der Waals surface area contributed by atoms with Crippen LogP contribution in [0, 0.1) is 6.92 Å². The highest BCUT2D eigenvalue weighted by Crippen LogP contribution is 2.42. The molecule has 0 fully saturated rings. The minimum absolute atomic E-state index is 0.507. The lowest BCUT2D eigenvalue weighted by atomic mass is 10.0. The lowest BCUT2D eigenvalue weighted by molar-refractivity contribution is 0.176. The fourth-order valence-corrected chi connectivity index (χ4v) is 2.63. The van der Waals surface area contributed by atoms with Gasteiger partial charge in [-0.1, -0.05) is 0 Å². The maximum atomic E-state index is 10.1. The van der Waals surface area contributed by atoms with Crippen LogP contribution in [0.3, 0.4) is 0 Å². The third-order valence-corrected chi connectivity index (χ3v) is 3.61. The van der Waals surface area contributed by atoms with Gasteiger partial charge < -0.3 is 19.9 Å². The van der Waals surface area contributed by atoms with Gasteiger partial charge in [0, 0.05) is 18.5 Å². The molecule has 5 heteroatoms. The largest absolute Gasteiger partial charge is 0.489 e. The van der Waals surface area contributed by atoms with Gasteiger partial charge in [-0.25, -0.2) is 0 Å². The Morgan fingerprint density at radius 3 is 2.72 bits per heavy atom. The molecule has 4 nitrogen and oxygen atoms in total. The first-order chi connectivity index (χ1) is 8.65. The molecule has 1 heterocycles. The number of rotatable bonds is 3. The number of nitrogens with one attached hydrogen (secondary N) is 1. The number of aliphatic hydroxyl groups is 1. The molecule has 1 aliphatic rings. The van der Waals surface area contributed by atoms with Gasteiger partial charge in [-0.15, -0.1) is 0 Å². The van der Waals surface area contributed by atoms with Crippen LogP contribution in [0.15, 0.2) is 10.5 Å². The molecule has 1 atom stereocenters. The van der Waals surface area contributed by atoms with Crippen molar-refractivity contribution >= 4 is 15.9 Å². The molecule has 1 unspecified atom stereocenters. The van der Waals surface area contributed by atoms with Crippen LogP contribution in [0.1, 0.15) is 23.7 Å². The standard InChI is InChI=1S/C13H18BrNO3/c1-8-9(11(16)7-15-2)6-10(14)13-12(8)17-4-3-5-18-13/h6,11,15-16H,3-5,7H2,1-2H3. The molecule has 0 bridgehead atoms.